The van der Waals surface area contributed by atoms with Crippen LogP contribution < -0.4 is 15.2 Å². The third-order valence-corrected chi connectivity index (χ3v) is 3.08. The van der Waals surface area contributed by atoms with Gasteiger partial charge in [0.25, 0.3) is 0 Å². The Morgan fingerprint density at radius 3 is 2.27 bits per heavy atom. The Hall–Kier alpha value is -2.45. The maximum atomic E-state index is 10.4. The quantitative estimate of drug-likeness (QED) is 0.387. The van der Waals surface area contributed by atoms with Gasteiger partial charge in [0.15, 0.2) is 0 Å². The number of benzene rings is 2. The van der Waals surface area contributed by atoms with E-state index in [1.165, 1.54) is 12.1 Å². The van der Waals surface area contributed by atoms with Crippen molar-refractivity contribution in [2.24, 2.45) is 0 Å². The van der Waals surface area contributed by atoms with Crippen molar-refractivity contribution < 1.29 is 22.3 Å². The van der Waals surface area contributed by atoms with Crippen molar-refractivity contribution >= 4 is 21.8 Å². The highest BCUT2D eigenvalue weighted by Crippen LogP contribution is 2.23. The Morgan fingerprint density at radius 1 is 1.14 bits per heavy atom. The molecule has 0 saturated carbocycles. The molecule has 2 aromatic carbocycles. The van der Waals surface area contributed by atoms with Crippen molar-refractivity contribution in [1.82, 2.24) is 0 Å². The summed E-state index contributed by atoms with van der Waals surface area (Å²) in [5, 5.41) is 11.9. The number of phenolic OH excluding ortho intramolecular Hbond substituents is 1. The van der Waals surface area contributed by atoms with Crippen LogP contribution in [0.2, 0.25) is 0 Å². The zero-order chi connectivity index (χ0) is 16.8. The van der Waals surface area contributed by atoms with Crippen LogP contribution in [-0.2, 0) is 10.4 Å². The molecule has 0 spiro atoms. The lowest BCUT2D eigenvalue weighted by molar-refractivity contribution is 0.386. The predicted octanol–water partition coefficient (Wildman–Crippen LogP) is 2.19. The van der Waals surface area contributed by atoms with Crippen molar-refractivity contribution in [3.8, 4) is 11.5 Å². The Morgan fingerprint density at radius 2 is 1.77 bits per heavy atom. The summed E-state index contributed by atoms with van der Waals surface area (Å²) in [6, 6.07) is 11.7. The molecule has 2 rings (SSSR count). The lowest BCUT2D eigenvalue weighted by Crippen LogP contribution is -2.08. The topological polar surface area (TPSA) is 122 Å². The second-order valence-corrected chi connectivity index (χ2v) is 5.27. The van der Waals surface area contributed by atoms with Gasteiger partial charge in [0.2, 0.25) is 0 Å². The molecule has 0 unspecified atom stereocenters. The lowest BCUT2D eigenvalue weighted by atomic mass is 10.2. The summed E-state index contributed by atoms with van der Waals surface area (Å²) in [6.45, 7) is 1.59. The van der Waals surface area contributed by atoms with Crippen LogP contribution >= 0.6 is 0 Å². The van der Waals surface area contributed by atoms with Gasteiger partial charge >= 0.3 is 10.4 Å². The number of nitrogens with one attached hydrogen (secondary N) is 1. The average Bonchev–Trinajstić information content (AvgIpc) is 2.44. The van der Waals surface area contributed by atoms with Gasteiger partial charge in [-0.3, -0.25) is 4.55 Å². The Balaban J connectivity index is 0.000000235. The zero-order valence-electron chi connectivity index (χ0n) is 12.1. The Labute approximate surface area is 129 Å². The number of aromatic hydroxyl groups is 1. The minimum absolute atomic E-state index is 0.0301. The summed E-state index contributed by atoms with van der Waals surface area (Å²) < 4.78 is 33.4. The summed E-state index contributed by atoms with van der Waals surface area (Å²) in [6.07, 6.45) is 0. The van der Waals surface area contributed by atoms with Crippen LogP contribution in [-0.4, -0.2) is 25.1 Å². The van der Waals surface area contributed by atoms with Crippen LogP contribution in [0, 0.1) is 6.92 Å². The van der Waals surface area contributed by atoms with Crippen LogP contribution in [0.3, 0.4) is 0 Å². The largest absolute Gasteiger partial charge is 0.506 e. The molecule has 0 atom stereocenters. The van der Waals surface area contributed by atoms with E-state index in [0.29, 0.717) is 17.0 Å². The van der Waals surface area contributed by atoms with Gasteiger partial charge in [0.05, 0.1) is 5.69 Å². The summed E-state index contributed by atoms with van der Waals surface area (Å²) >= 11 is 0. The molecule has 7 nitrogen and oxygen atoms in total. The molecular formula is C14H18N2O5S. The fourth-order valence-corrected chi connectivity index (χ4v) is 1.93. The van der Waals surface area contributed by atoms with E-state index in [4.69, 9.17) is 15.4 Å². The highest BCUT2D eigenvalue weighted by Gasteiger charge is 2.10. The molecule has 22 heavy (non-hydrogen) atoms. The summed E-state index contributed by atoms with van der Waals surface area (Å²) in [7, 11) is -2.70. The second kappa shape index (κ2) is 7.53. The van der Waals surface area contributed by atoms with E-state index in [-0.39, 0.29) is 5.75 Å². The van der Waals surface area contributed by atoms with E-state index in [1.54, 1.807) is 32.2 Å². The monoisotopic (exact) mass is 326 g/mol. The minimum atomic E-state index is -4.47. The number of nitrogen functional groups attached to an aromatic ring is 1. The van der Waals surface area contributed by atoms with Crippen molar-refractivity contribution in [2.45, 2.75) is 6.92 Å². The van der Waals surface area contributed by atoms with Crippen LogP contribution in [0.4, 0.5) is 11.4 Å². The first-order valence-corrected chi connectivity index (χ1v) is 7.59. The first-order valence-electron chi connectivity index (χ1n) is 6.22. The molecule has 0 aromatic heterocycles. The SMILES string of the molecule is CNc1ccccc1O.Cc1c(N)cccc1OS(=O)(=O)O. The standard InChI is InChI=1S/C7H9NO4S.C7H9NO/c1-5-6(8)3-2-4-7(5)12-13(9,10)11;1-8-6-4-2-3-5-7(6)9/h2-4H,8H2,1H3,(H,9,10,11);2-5,8-9H,1H3. The number of hydrogen-bond acceptors (Lipinski definition) is 6. The fourth-order valence-electron chi connectivity index (χ4n) is 1.52. The molecule has 0 aliphatic rings. The van der Waals surface area contributed by atoms with Gasteiger partial charge in [0.1, 0.15) is 11.5 Å². The molecule has 0 amide bonds. The lowest BCUT2D eigenvalue weighted by Gasteiger charge is -2.06. The molecule has 0 aliphatic heterocycles. The highest BCUT2D eigenvalue weighted by molar-refractivity contribution is 7.81. The molecule has 0 heterocycles. The molecule has 0 radical (unpaired) electrons. The van der Waals surface area contributed by atoms with E-state index >= 15 is 0 Å². The van der Waals surface area contributed by atoms with E-state index in [2.05, 4.69) is 9.50 Å². The number of hydrogen-bond donors (Lipinski definition) is 4. The van der Waals surface area contributed by atoms with Crippen molar-refractivity contribution in [3.05, 3.63) is 48.0 Å². The third kappa shape index (κ3) is 5.51. The number of phenols is 1. The number of anilines is 2. The minimum Gasteiger partial charge on any atom is -0.506 e. The molecule has 0 saturated heterocycles. The first-order chi connectivity index (χ1) is 10.2. The van der Waals surface area contributed by atoms with Crippen molar-refractivity contribution in [3.63, 3.8) is 0 Å². The molecule has 0 fully saturated rings. The van der Waals surface area contributed by atoms with E-state index < -0.39 is 10.4 Å². The van der Waals surface area contributed by atoms with Crippen molar-refractivity contribution in [1.29, 1.82) is 0 Å². The molecule has 0 bridgehead atoms. The smallest absolute Gasteiger partial charge is 0.446 e. The molecule has 120 valence electrons. The van der Waals surface area contributed by atoms with Gasteiger partial charge in [-0.05, 0) is 31.2 Å². The highest BCUT2D eigenvalue weighted by atomic mass is 32.3. The van der Waals surface area contributed by atoms with Gasteiger partial charge in [-0.1, -0.05) is 18.2 Å². The average molecular weight is 326 g/mol. The summed E-state index contributed by atoms with van der Waals surface area (Å²) in [5.41, 5.74) is 7.12. The Kier molecular flexibility index (Phi) is 6.02. The molecule has 2 aromatic rings. The van der Waals surface area contributed by atoms with Crippen molar-refractivity contribution in [2.75, 3.05) is 18.1 Å². The van der Waals surface area contributed by atoms with Crippen LogP contribution in [0.1, 0.15) is 5.56 Å². The molecule has 0 aliphatic carbocycles. The van der Waals surface area contributed by atoms with Gasteiger partial charge < -0.3 is 20.3 Å². The number of rotatable bonds is 3. The maximum absolute atomic E-state index is 10.4. The zero-order valence-corrected chi connectivity index (χ0v) is 13.0. The predicted molar refractivity (Wildman–Crippen MR) is 85.4 cm³/mol. The van der Waals surface area contributed by atoms with Gasteiger partial charge in [-0.2, -0.15) is 8.42 Å². The molecule has 5 N–H and O–H groups in total. The Bertz CT molecular complexity index is 732. The number of nitrogens with two attached hydrogens (primary N) is 1. The molecular weight excluding hydrogens is 308 g/mol. The van der Waals surface area contributed by atoms with Crippen LogP contribution in [0.25, 0.3) is 0 Å². The van der Waals surface area contributed by atoms with E-state index in [0.717, 1.165) is 5.69 Å². The fraction of sp³-hybridized carbons (Fsp3) is 0.143. The van der Waals surface area contributed by atoms with Crippen LogP contribution in [0.5, 0.6) is 11.5 Å². The van der Waals surface area contributed by atoms with E-state index in [9.17, 15) is 8.42 Å². The first kappa shape index (κ1) is 17.6. The number of para-hydroxylation sites is 2. The summed E-state index contributed by atoms with van der Waals surface area (Å²) in [5.74, 6) is 0.322. The second-order valence-electron chi connectivity index (χ2n) is 4.25. The third-order valence-electron chi connectivity index (χ3n) is 2.69. The van der Waals surface area contributed by atoms with Crippen LogP contribution in [0.15, 0.2) is 42.5 Å². The molecule has 8 heteroatoms. The maximum Gasteiger partial charge on any atom is 0.446 e. The van der Waals surface area contributed by atoms with Gasteiger partial charge in [0, 0.05) is 18.3 Å². The van der Waals surface area contributed by atoms with Gasteiger partial charge in [-0.25, -0.2) is 0 Å². The van der Waals surface area contributed by atoms with E-state index in [1.807, 2.05) is 12.1 Å². The normalized spacial score (nSPS) is 10.3. The van der Waals surface area contributed by atoms with Gasteiger partial charge in [-0.15, -0.1) is 0 Å². The summed E-state index contributed by atoms with van der Waals surface area (Å²) in [4.78, 5) is 0.